The van der Waals surface area contributed by atoms with Gasteiger partial charge in [0.15, 0.2) is 0 Å². The molecule has 13 heteroatoms. The van der Waals surface area contributed by atoms with E-state index in [0.29, 0.717) is 23.1 Å². The Morgan fingerprint density at radius 2 is 1.54 bits per heavy atom. The molecule has 0 bridgehead atoms. The van der Waals surface area contributed by atoms with Crippen LogP contribution in [0.5, 0.6) is 5.75 Å². The minimum atomic E-state index is -0.461. The standard InChI is InChI=1S/C34H36N6O4.C3H5ClO2/c1-22-10-12-24(13-11-22)40-31(19-29(39-40)34(2,3)4)38-33(42)36-27-14-15-28(26-9-7-6-8-25(26)27)44-20-23-16-17-35-30(18-23)37-32(41)21-43-5;1-6-2-3(4)5/h6-19H,20-21H2,1-5H3,(H,35,37,41)(H2,36,38,42);2H2,1H3. The predicted molar refractivity (Wildman–Crippen MR) is 195 cm³/mol. The van der Waals surface area contributed by atoms with E-state index in [4.69, 9.17) is 26.2 Å². The number of carbonyl (C=O) groups excluding carboxylic acids is 3. The van der Waals surface area contributed by atoms with E-state index in [1.54, 1.807) is 16.9 Å². The molecule has 0 radical (unpaired) electrons. The van der Waals surface area contributed by atoms with Crippen LogP contribution in [0.2, 0.25) is 0 Å². The number of nitrogens with zero attached hydrogens (tertiary/aromatic N) is 3. The zero-order chi connectivity index (χ0) is 36.3. The van der Waals surface area contributed by atoms with Crippen LogP contribution < -0.4 is 20.7 Å². The number of amides is 3. The molecule has 0 unspecified atom stereocenters. The first-order valence-corrected chi connectivity index (χ1v) is 16.1. The van der Waals surface area contributed by atoms with E-state index in [1.165, 1.54) is 14.2 Å². The molecule has 0 spiro atoms. The molecule has 3 N–H and O–H groups in total. The quantitative estimate of drug-likeness (QED) is 0.122. The summed E-state index contributed by atoms with van der Waals surface area (Å²) < 4.78 is 17.1. The molecule has 3 amide bonds. The largest absolute Gasteiger partial charge is 0.488 e. The van der Waals surface area contributed by atoms with Crippen LogP contribution in [0.3, 0.4) is 0 Å². The number of carbonyl (C=O) groups is 3. The molecule has 5 rings (SSSR count). The van der Waals surface area contributed by atoms with Crippen molar-refractivity contribution in [1.82, 2.24) is 14.8 Å². The first-order valence-electron chi connectivity index (χ1n) is 15.7. The predicted octanol–water partition coefficient (Wildman–Crippen LogP) is 7.23. The van der Waals surface area contributed by atoms with E-state index in [1.807, 2.05) is 79.7 Å². The maximum absolute atomic E-state index is 13.3. The molecule has 0 atom stereocenters. The third-order valence-electron chi connectivity index (χ3n) is 7.15. The number of pyridine rings is 1. The molecule has 0 aliphatic carbocycles. The molecule has 50 heavy (non-hydrogen) atoms. The molecule has 12 nitrogen and oxygen atoms in total. The summed E-state index contributed by atoms with van der Waals surface area (Å²) in [5.41, 5.74) is 4.12. The Labute approximate surface area is 296 Å². The number of urea groups is 1. The molecule has 0 aliphatic rings. The summed E-state index contributed by atoms with van der Waals surface area (Å²) >= 11 is 4.81. The van der Waals surface area contributed by atoms with Crippen LogP contribution in [-0.2, 0) is 31.1 Å². The number of methoxy groups -OCH3 is 2. The second-order valence-electron chi connectivity index (χ2n) is 12.3. The Balaban J connectivity index is 0.000000860. The molecular formula is C37H41ClN6O6. The van der Waals surface area contributed by atoms with Crippen molar-refractivity contribution in [3.63, 3.8) is 0 Å². The first kappa shape index (κ1) is 37.5. The van der Waals surface area contributed by atoms with Gasteiger partial charge in [0.25, 0.3) is 5.91 Å². The molecule has 0 saturated carbocycles. The van der Waals surface area contributed by atoms with Gasteiger partial charge in [0.2, 0.25) is 5.24 Å². The Bertz CT molecular complexity index is 1940. The number of nitrogens with one attached hydrogen (secondary N) is 3. The lowest BCUT2D eigenvalue weighted by molar-refractivity contribution is -0.119. The van der Waals surface area contributed by atoms with Gasteiger partial charge >= 0.3 is 6.03 Å². The highest BCUT2D eigenvalue weighted by Gasteiger charge is 2.22. The van der Waals surface area contributed by atoms with Crippen LogP contribution in [-0.4, -0.2) is 59.4 Å². The van der Waals surface area contributed by atoms with Gasteiger partial charge in [-0.1, -0.05) is 62.7 Å². The molecule has 2 aromatic heterocycles. The van der Waals surface area contributed by atoms with E-state index in [2.05, 4.69) is 46.4 Å². The zero-order valence-corrected chi connectivity index (χ0v) is 29.6. The fourth-order valence-electron chi connectivity index (χ4n) is 4.71. The average molecular weight is 701 g/mol. The molecule has 0 fully saturated rings. The number of halogens is 1. The number of rotatable bonds is 11. The first-order chi connectivity index (χ1) is 23.9. The second kappa shape index (κ2) is 17.4. The van der Waals surface area contributed by atoms with Gasteiger partial charge < -0.3 is 24.8 Å². The summed E-state index contributed by atoms with van der Waals surface area (Å²) in [5, 5.41) is 14.7. The van der Waals surface area contributed by atoms with Crippen LogP contribution in [0.1, 0.15) is 37.6 Å². The molecular weight excluding hydrogens is 660 g/mol. The topological polar surface area (TPSA) is 146 Å². The summed E-state index contributed by atoms with van der Waals surface area (Å²) in [6.07, 6.45) is 1.61. The fraction of sp³-hybridized carbons (Fsp3) is 0.270. The molecule has 5 aromatic rings. The van der Waals surface area contributed by atoms with E-state index in [9.17, 15) is 14.4 Å². The molecule has 3 aromatic carbocycles. The van der Waals surface area contributed by atoms with Crippen molar-refractivity contribution >= 4 is 56.9 Å². The van der Waals surface area contributed by atoms with Gasteiger partial charge in [0.1, 0.15) is 37.2 Å². The van der Waals surface area contributed by atoms with Crippen molar-refractivity contribution in [2.75, 3.05) is 43.4 Å². The smallest absolute Gasteiger partial charge is 0.324 e. The van der Waals surface area contributed by atoms with Gasteiger partial charge in [0, 0.05) is 42.7 Å². The van der Waals surface area contributed by atoms with Gasteiger partial charge in [-0.05, 0) is 60.5 Å². The number of hydrogen-bond acceptors (Lipinski definition) is 8. The second-order valence-corrected chi connectivity index (χ2v) is 12.7. The number of aryl methyl sites for hydroxylation is 1. The summed E-state index contributed by atoms with van der Waals surface area (Å²) in [6, 6.07) is 24.4. The highest BCUT2D eigenvalue weighted by molar-refractivity contribution is 6.63. The zero-order valence-electron chi connectivity index (χ0n) is 28.9. The van der Waals surface area contributed by atoms with Gasteiger partial charge in [-0.3, -0.25) is 14.9 Å². The lowest BCUT2D eigenvalue weighted by Gasteiger charge is -2.15. The van der Waals surface area contributed by atoms with Crippen LogP contribution in [0.25, 0.3) is 16.5 Å². The minimum absolute atomic E-state index is 0.00154. The van der Waals surface area contributed by atoms with Gasteiger partial charge in [-0.15, -0.1) is 0 Å². The molecule has 0 aliphatic heterocycles. The van der Waals surface area contributed by atoms with E-state index in [-0.39, 0.29) is 31.1 Å². The van der Waals surface area contributed by atoms with Gasteiger partial charge in [0.05, 0.1) is 17.1 Å². The summed E-state index contributed by atoms with van der Waals surface area (Å²) in [7, 11) is 2.87. The third kappa shape index (κ3) is 10.6. The number of aromatic nitrogens is 3. The SMILES string of the molecule is COCC(=O)Cl.COCC(=O)Nc1cc(COc2ccc(NC(=O)Nc3cc(C(C)(C)C)nn3-c3ccc(C)cc3)c3ccccc23)ccn1. The van der Waals surface area contributed by atoms with Crippen molar-refractivity contribution in [1.29, 1.82) is 0 Å². The highest BCUT2D eigenvalue weighted by atomic mass is 35.5. The summed E-state index contributed by atoms with van der Waals surface area (Å²) in [5.74, 6) is 1.35. The molecule has 0 saturated heterocycles. The van der Waals surface area contributed by atoms with Crippen molar-refractivity contribution in [2.45, 2.75) is 39.7 Å². The maximum Gasteiger partial charge on any atom is 0.324 e. The fourth-order valence-corrected chi connectivity index (χ4v) is 4.82. The molecule has 2 heterocycles. The minimum Gasteiger partial charge on any atom is -0.488 e. The Kier molecular flexibility index (Phi) is 13.0. The van der Waals surface area contributed by atoms with Crippen molar-refractivity contribution in [2.24, 2.45) is 0 Å². The van der Waals surface area contributed by atoms with E-state index >= 15 is 0 Å². The van der Waals surface area contributed by atoms with Gasteiger partial charge in [-0.25, -0.2) is 14.5 Å². The lowest BCUT2D eigenvalue weighted by atomic mass is 9.92. The van der Waals surface area contributed by atoms with Crippen LogP contribution in [0.4, 0.5) is 22.1 Å². The van der Waals surface area contributed by atoms with Crippen molar-refractivity contribution in [3.8, 4) is 11.4 Å². The van der Waals surface area contributed by atoms with E-state index in [0.717, 1.165) is 33.3 Å². The number of anilines is 3. The van der Waals surface area contributed by atoms with Crippen LogP contribution in [0.15, 0.2) is 85.1 Å². The monoisotopic (exact) mass is 700 g/mol. The normalized spacial score (nSPS) is 10.9. The lowest BCUT2D eigenvalue weighted by Crippen LogP contribution is -2.21. The van der Waals surface area contributed by atoms with Crippen molar-refractivity contribution in [3.05, 3.63) is 102 Å². The number of fused-ring (bicyclic) bond motifs is 1. The Morgan fingerprint density at radius 3 is 2.18 bits per heavy atom. The Hall–Kier alpha value is -5.30. The van der Waals surface area contributed by atoms with Gasteiger partial charge in [-0.2, -0.15) is 5.10 Å². The highest BCUT2D eigenvalue weighted by Crippen LogP contribution is 2.33. The number of benzene rings is 3. The summed E-state index contributed by atoms with van der Waals surface area (Å²) in [4.78, 5) is 39.0. The number of ether oxygens (including phenoxy) is 3. The van der Waals surface area contributed by atoms with Crippen LogP contribution >= 0.6 is 11.6 Å². The maximum atomic E-state index is 13.3. The molecule has 262 valence electrons. The van der Waals surface area contributed by atoms with Crippen molar-refractivity contribution < 1.29 is 28.6 Å². The third-order valence-corrected chi connectivity index (χ3v) is 7.26. The number of hydrogen-bond donors (Lipinski definition) is 3. The van der Waals surface area contributed by atoms with Crippen LogP contribution in [0, 0.1) is 6.92 Å². The summed E-state index contributed by atoms with van der Waals surface area (Å²) in [6.45, 7) is 8.49. The van der Waals surface area contributed by atoms with E-state index < -0.39 is 11.3 Å². The average Bonchev–Trinajstić information content (AvgIpc) is 3.49. The Morgan fingerprint density at radius 1 is 0.840 bits per heavy atom.